The van der Waals surface area contributed by atoms with Crippen LogP contribution < -0.4 is 14.8 Å². The summed E-state index contributed by atoms with van der Waals surface area (Å²) in [6, 6.07) is 15.2. The molecule has 5 heteroatoms. The van der Waals surface area contributed by atoms with E-state index in [-0.39, 0.29) is 18.6 Å². The Morgan fingerprint density at radius 1 is 1.20 bits per heavy atom. The molecule has 0 radical (unpaired) electrons. The zero-order valence-corrected chi connectivity index (χ0v) is 14.4. The molecule has 1 heterocycles. The Kier molecular flexibility index (Phi) is 5.24. The summed E-state index contributed by atoms with van der Waals surface area (Å²) in [5.74, 6) is 0.960. The molecule has 2 aromatic rings. The first-order valence-corrected chi connectivity index (χ1v) is 8.48. The molecule has 25 heavy (non-hydrogen) atoms. The third-order valence-corrected chi connectivity index (χ3v) is 4.15. The molecule has 3 rings (SSSR count). The van der Waals surface area contributed by atoms with Crippen molar-refractivity contribution in [1.29, 1.82) is 0 Å². The number of rotatable bonds is 5. The summed E-state index contributed by atoms with van der Waals surface area (Å²) < 4.78 is 11.5. The highest BCUT2D eigenvalue weighted by molar-refractivity contribution is 5.82. The molecule has 0 spiro atoms. The lowest BCUT2D eigenvalue weighted by atomic mass is 10.1. The Morgan fingerprint density at radius 3 is 2.68 bits per heavy atom. The number of amides is 1. The van der Waals surface area contributed by atoms with Gasteiger partial charge in [-0.1, -0.05) is 36.4 Å². The van der Waals surface area contributed by atoms with E-state index in [1.807, 2.05) is 49.4 Å². The van der Waals surface area contributed by atoms with Crippen LogP contribution in [0.2, 0.25) is 0 Å². The minimum Gasteiger partial charge on any atom is -0.485 e. The quantitative estimate of drug-likeness (QED) is 0.877. The van der Waals surface area contributed by atoms with Crippen LogP contribution in [-0.2, 0) is 11.2 Å². The van der Waals surface area contributed by atoms with Crippen molar-refractivity contribution in [2.45, 2.75) is 38.5 Å². The Morgan fingerprint density at radius 2 is 1.96 bits per heavy atom. The minimum atomic E-state index is -0.679. The van der Waals surface area contributed by atoms with Crippen LogP contribution in [0.25, 0.3) is 0 Å². The predicted molar refractivity (Wildman–Crippen MR) is 94.7 cm³/mol. The van der Waals surface area contributed by atoms with Gasteiger partial charge in [-0.3, -0.25) is 4.79 Å². The molecular formula is C20H23NO4. The minimum absolute atomic E-state index is 0.105. The van der Waals surface area contributed by atoms with Crippen molar-refractivity contribution >= 4 is 5.91 Å². The van der Waals surface area contributed by atoms with E-state index in [0.717, 1.165) is 11.1 Å². The van der Waals surface area contributed by atoms with Gasteiger partial charge >= 0.3 is 0 Å². The molecular weight excluding hydrogens is 318 g/mol. The highest BCUT2D eigenvalue weighted by atomic mass is 16.6. The Balaban J connectivity index is 1.63. The highest BCUT2D eigenvalue weighted by Gasteiger charge is 2.28. The number of carbonyl (C=O) groups excluding carboxylic acids is 1. The van der Waals surface area contributed by atoms with Gasteiger partial charge in [-0.05, 0) is 43.5 Å². The van der Waals surface area contributed by atoms with Crippen molar-refractivity contribution in [2.75, 3.05) is 6.61 Å². The lowest BCUT2D eigenvalue weighted by molar-refractivity contribution is -0.131. The molecule has 3 atom stereocenters. The third-order valence-electron chi connectivity index (χ3n) is 4.15. The van der Waals surface area contributed by atoms with Crippen LogP contribution in [0.1, 0.15) is 31.0 Å². The van der Waals surface area contributed by atoms with Gasteiger partial charge in [0, 0.05) is 0 Å². The van der Waals surface area contributed by atoms with Crippen LogP contribution in [0.15, 0.2) is 48.5 Å². The van der Waals surface area contributed by atoms with Crippen molar-refractivity contribution in [3.63, 3.8) is 0 Å². The molecule has 5 nitrogen and oxygen atoms in total. The molecule has 1 aliphatic rings. The second kappa shape index (κ2) is 7.57. The van der Waals surface area contributed by atoms with Gasteiger partial charge in [0.15, 0.2) is 11.5 Å². The Bertz CT molecular complexity index is 730. The maximum absolute atomic E-state index is 12.5. The van der Waals surface area contributed by atoms with Crippen LogP contribution in [0, 0.1) is 0 Å². The Hall–Kier alpha value is -2.53. The lowest BCUT2D eigenvalue weighted by Gasteiger charge is -2.27. The number of benzene rings is 2. The fourth-order valence-corrected chi connectivity index (χ4v) is 2.84. The summed E-state index contributed by atoms with van der Waals surface area (Å²) in [6.07, 6.45) is -0.545. The molecule has 132 valence electrons. The van der Waals surface area contributed by atoms with E-state index < -0.39 is 12.2 Å². The highest BCUT2D eigenvalue weighted by Crippen LogP contribution is 2.33. The maximum atomic E-state index is 12.5. The van der Waals surface area contributed by atoms with Crippen molar-refractivity contribution < 1.29 is 19.4 Å². The largest absolute Gasteiger partial charge is 0.485 e. The van der Waals surface area contributed by atoms with Gasteiger partial charge in [0.25, 0.3) is 5.91 Å². The van der Waals surface area contributed by atoms with E-state index >= 15 is 0 Å². The zero-order chi connectivity index (χ0) is 17.8. The predicted octanol–water partition coefficient (Wildman–Crippen LogP) is 2.63. The molecule has 0 saturated heterocycles. The van der Waals surface area contributed by atoms with Crippen LogP contribution in [0.3, 0.4) is 0 Å². The maximum Gasteiger partial charge on any atom is 0.265 e. The number of nitrogens with one attached hydrogen (secondary N) is 1. The van der Waals surface area contributed by atoms with Crippen LogP contribution in [-0.4, -0.2) is 29.8 Å². The van der Waals surface area contributed by atoms with E-state index in [2.05, 4.69) is 5.32 Å². The summed E-state index contributed by atoms with van der Waals surface area (Å²) >= 11 is 0. The van der Waals surface area contributed by atoms with Gasteiger partial charge in [0.05, 0.1) is 12.1 Å². The molecule has 0 aromatic heterocycles. The smallest absolute Gasteiger partial charge is 0.265 e. The van der Waals surface area contributed by atoms with Gasteiger partial charge < -0.3 is 19.9 Å². The van der Waals surface area contributed by atoms with Gasteiger partial charge in [0.2, 0.25) is 6.10 Å². The average Bonchev–Trinajstić information content (AvgIpc) is 2.61. The summed E-state index contributed by atoms with van der Waals surface area (Å²) in [5, 5.41) is 12.4. The number of carbonyl (C=O) groups is 1. The standard InChI is InChI=1S/C20H23NO4/c1-13(22)10-15-8-9-17-18(11-15)24-12-19(25-17)20(23)21-14(2)16-6-4-3-5-7-16/h3-9,11,13-14,19,22H,10,12H2,1-2H3,(H,21,23)/t13?,14?,19-/m1/s1. The summed E-state index contributed by atoms with van der Waals surface area (Å²) in [4.78, 5) is 12.5. The molecule has 0 fully saturated rings. The van der Waals surface area contributed by atoms with Crippen molar-refractivity contribution in [1.82, 2.24) is 5.32 Å². The van der Waals surface area contributed by atoms with Gasteiger partial charge in [0.1, 0.15) is 6.61 Å². The number of fused-ring (bicyclic) bond motifs is 1. The first kappa shape index (κ1) is 17.3. The van der Waals surface area contributed by atoms with E-state index in [9.17, 15) is 9.90 Å². The molecule has 0 aliphatic carbocycles. The van der Waals surface area contributed by atoms with Gasteiger partial charge in [-0.15, -0.1) is 0 Å². The topological polar surface area (TPSA) is 67.8 Å². The SMILES string of the molecule is CC(O)Cc1ccc2c(c1)OC[C@H](C(=O)NC(C)c1ccccc1)O2. The fraction of sp³-hybridized carbons (Fsp3) is 0.350. The summed E-state index contributed by atoms with van der Waals surface area (Å²) in [6.45, 7) is 3.84. The van der Waals surface area contributed by atoms with Crippen molar-refractivity contribution in [3.05, 3.63) is 59.7 Å². The molecule has 1 aliphatic heterocycles. The van der Waals surface area contributed by atoms with Crippen LogP contribution >= 0.6 is 0 Å². The summed E-state index contributed by atoms with van der Waals surface area (Å²) in [7, 11) is 0. The number of aliphatic hydroxyl groups excluding tert-OH is 1. The average molecular weight is 341 g/mol. The van der Waals surface area contributed by atoms with E-state index in [1.54, 1.807) is 13.0 Å². The molecule has 1 amide bonds. The molecule has 2 N–H and O–H groups in total. The van der Waals surface area contributed by atoms with E-state index in [0.29, 0.717) is 17.9 Å². The fourth-order valence-electron chi connectivity index (χ4n) is 2.84. The first-order valence-electron chi connectivity index (χ1n) is 8.48. The number of hydrogen-bond donors (Lipinski definition) is 2. The number of hydrogen-bond acceptors (Lipinski definition) is 4. The Labute approximate surface area is 147 Å². The first-order chi connectivity index (χ1) is 12.0. The van der Waals surface area contributed by atoms with Crippen molar-refractivity contribution in [3.8, 4) is 11.5 Å². The van der Waals surface area contributed by atoms with E-state index in [4.69, 9.17) is 9.47 Å². The second-order valence-corrected chi connectivity index (χ2v) is 6.39. The molecule has 0 bridgehead atoms. The molecule has 0 saturated carbocycles. The van der Waals surface area contributed by atoms with Gasteiger partial charge in [-0.2, -0.15) is 0 Å². The molecule has 2 aromatic carbocycles. The zero-order valence-electron chi connectivity index (χ0n) is 14.4. The summed E-state index contributed by atoms with van der Waals surface area (Å²) in [5.41, 5.74) is 2.01. The van der Waals surface area contributed by atoms with Crippen molar-refractivity contribution in [2.24, 2.45) is 0 Å². The third kappa shape index (κ3) is 4.31. The normalized spacial score (nSPS) is 18.3. The number of aliphatic hydroxyl groups is 1. The van der Waals surface area contributed by atoms with Crippen LogP contribution in [0.5, 0.6) is 11.5 Å². The lowest BCUT2D eigenvalue weighted by Crippen LogP contribution is -2.44. The number of ether oxygens (including phenoxy) is 2. The monoisotopic (exact) mass is 341 g/mol. The van der Waals surface area contributed by atoms with Crippen LogP contribution in [0.4, 0.5) is 0 Å². The van der Waals surface area contributed by atoms with E-state index in [1.165, 1.54) is 0 Å². The van der Waals surface area contributed by atoms with Gasteiger partial charge in [-0.25, -0.2) is 0 Å². The molecule has 2 unspecified atom stereocenters. The second-order valence-electron chi connectivity index (χ2n) is 6.39.